The lowest BCUT2D eigenvalue weighted by molar-refractivity contribution is -0.128. The van der Waals surface area contributed by atoms with Crippen molar-refractivity contribution in [2.45, 2.75) is 17.8 Å². The second-order valence-electron chi connectivity index (χ2n) is 4.08. The third-order valence-corrected chi connectivity index (χ3v) is 3.12. The minimum atomic E-state index is -0.608. The van der Waals surface area contributed by atoms with E-state index in [1.165, 1.54) is 0 Å². The second kappa shape index (κ2) is 4.89. The molecule has 16 heavy (non-hydrogen) atoms. The Morgan fingerprint density at radius 1 is 1.44 bits per heavy atom. The van der Waals surface area contributed by atoms with Gasteiger partial charge in [-0.1, -0.05) is 30.3 Å². The number of thiol groups is 1. The van der Waals surface area contributed by atoms with Crippen LogP contribution in [0.5, 0.6) is 0 Å². The molecule has 1 N–H and O–H groups in total. The minimum absolute atomic E-state index is 0.0787. The number of β-amino-alcohol motifs (C(OH)–C–C–N with tert-alkyl or cyclic N) is 1. The summed E-state index contributed by atoms with van der Waals surface area (Å²) in [5, 5.41) is 10.1. The summed E-state index contributed by atoms with van der Waals surface area (Å²) in [6.07, 6.45) is -0.131. The molecule has 0 aliphatic carbocycles. The first-order valence-electron chi connectivity index (χ1n) is 5.35. The predicted molar refractivity (Wildman–Crippen MR) is 65.4 cm³/mol. The van der Waals surface area contributed by atoms with Crippen LogP contribution in [0.2, 0.25) is 0 Å². The molecule has 4 heteroatoms. The van der Waals surface area contributed by atoms with Gasteiger partial charge in [-0.15, -0.1) is 0 Å². The fourth-order valence-electron chi connectivity index (χ4n) is 1.92. The van der Waals surface area contributed by atoms with Crippen LogP contribution in [-0.4, -0.2) is 34.3 Å². The van der Waals surface area contributed by atoms with E-state index < -0.39 is 6.10 Å². The first-order chi connectivity index (χ1) is 7.66. The highest BCUT2D eigenvalue weighted by Crippen LogP contribution is 2.20. The summed E-state index contributed by atoms with van der Waals surface area (Å²) in [5.41, 5.74) is 0.845. The molecule has 1 aliphatic heterocycles. The summed E-state index contributed by atoms with van der Waals surface area (Å²) in [5.74, 6) is 0.0787. The molecule has 2 rings (SSSR count). The van der Waals surface area contributed by atoms with Crippen LogP contribution >= 0.6 is 12.6 Å². The van der Waals surface area contributed by atoms with Gasteiger partial charge in [0.05, 0.1) is 12.6 Å². The molecular formula is C12H15NO2S. The summed E-state index contributed by atoms with van der Waals surface area (Å²) in [6.45, 7) is 0.992. The number of hydrogen-bond donors (Lipinski definition) is 2. The van der Waals surface area contributed by atoms with Gasteiger partial charge in [0.1, 0.15) is 0 Å². The fraction of sp³-hybridized carbons (Fsp3) is 0.417. The highest BCUT2D eigenvalue weighted by atomic mass is 32.1. The molecule has 1 heterocycles. The van der Waals surface area contributed by atoms with Crippen LogP contribution in [0.1, 0.15) is 18.1 Å². The number of carbonyl (C=O) groups is 1. The van der Waals surface area contributed by atoms with Gasteiger partial charge in [0.15, 0.2) is 0 Å². The fourth-order valence-corrected chi connectivity index (χ4v) is 2.27. The highest BCUT2D eigenvalue weighted by Gasteiger charge is 2.28. The molecule has 1 saturated heterocycles. The van der Waals surface area contributed by atoms with Gasteiger partial charge < -0.3 is 10.0 Å². The zero-order valence-electron chi connectivity index (χ0n) is 8.91. The SMILES string of the molecule is O=C1CC(S)CN1C[C@@H](O)c1ccccc1. The molecule has 0 saturated carbocycles. The Balaban J connectivity index is 1.98. The molecular weight excluding hydrogens is 222 g/mol. The molecule has 1 fully saturated rings. The van der Waals surface area contributed by atoms with E-state index in [1.54, 1.807) is 4.90 Å². The van der Waals surface area contributed by atoms with Crippen LogP contribution in [0, 0.1) is 0 Å². The second-order valence-corrected chi connectivity index (χ2v) is 4.81. The molecule has 1 aromatic carbocycles. The molecule has 1 amide bonds. The van der Waals surface area contributed by atoms with Crippen molar-refractivity contribution in [3.05, 3.63) is 35.9 Å². The van der Waals surface area contributed by atoms with Gasteiger partial charge in [0, 0.05) is 18.2 Å². The maximum Gasteiger partial charge on any atom is 0.223 e. The average molecular weight is 237 g/mol. The number of nitrogens with zero attached hydrogens (tertiary/aromatic N) is 1. The first kappa shape index (κ1) is 11.5. The molecule has 1 unspecified atom stereocenters. The number of carbonyl (C=O) groups excluding carboxylic acids is 1. The van der Waals surface area contributed by atoms with Crippen LogP contribution in [0.3, 0.4) is 0 Å². The first-order valence-corrected chi connectivity index (χ1v) is 5.87. The zero-order chi connectivity index (χ0) is 11.5. The summed E-state index contributed by atoms with van der Waals surface area (Å²) < 4.78 is 0. The van der Waals surface area contributed by atoms with E-state index in [1.807, 2.05) is 30.3 Å². The number of aliphatic hydroxyl groups excluding tert-OH is 1. The monoisotopic (exact) mass is 237 g/mol. The molecule has 0 radical (unpaired) electrons. The van der Waals surface area contributed by atoms with Crippen molar-refractivity contribution in [3.63, 3.8) is 0 Å². The van der Waals surface area contributed by atoms with Gasteiger partial charge in [0.25, 0.3) is 0 Å². The van der Waals surface area contributed by atoms with Crippen molar-refractivity contribution >= 4 is 18.5 Å². The van der Waals surface area contributed by atoms with Gasteiger partial charge in [-0.05, 0) is 5.56 Å². The Kier molecular flexibility index (Phi) is 3.51. The molecule has 3 nitrogen and oxygen atoms in total. The minimum Gasteiger partial charge on any atom is -0.387 e. The maximum absolute atomic E-state index is 11.5. The summed E-state index contributed by atoms with van der Waals surface area (Å²) in [4.78, 5) is 13.2. The van der Waals surface area contributed by atoms with Crippen LogP contribution in [0.4, 0.5) is 0 Å². The molecule has 0 spiro atoms. The predicted octanol–water partition coefficient (Wildman–Crippen LogP) is 1.25. The third kappa shape index (κ3) is 2.57. The number of rotatable bonds is 3. The van der Waals surface area contributed by atoms with Crippen LogP contribution in [-0.2, 0) is 4.79 Å². The summed E-state index contributed by atoms with van der Waals surface area (Å²) >= 11 is 4.28. The van der Waals surface area contributed by atoms with Crippen LogP contribution < -0.4 is 0 Å². The largest absolute Gasteiger partial charge is 0.387 e. The lowest BCUT2D eigenvalue weighted by Crippen LogP contribution is -2.30. The van der Waals surface area contributed by atoms with Gasteiger partial charge in [-0.2, -0.15) is 12.6 Å². The van der Waals surface area contributed by atoms with Crippen molar-refractivity contribution in [3.8, 4) is 0 Å². The lowest BCUT2D eigenvalue weighted by Gasteiger charge is -2.20. The normalized spacial score (nSPS) is 22.5. The van der Waals surface area contributed by atoms with Crippen LogP contribution in [0.25, 0.3) is 0 Å². The Labute approximate surface area is 100 Å². The summed E-state index contributed by atoms with van der Waals surface area (Å²) in [7, 11) is 0. The number of hydrogen-bond acceptors (Lipinski definition) is 3. The van der Waals surface area contributed by atoms with E-state index in [2.05, 4.69) is 12.6 Å². The standard InChI is InChI=1S/C12H15NO2S/c14-11(9-4-2-1-3-5-9)8-13-7-10(16)6-12(13)15/h1-5,10-11,14,16H,6-8H2/t10?,11-/m1/s1. The quantitative estimate of drug-likeness (QED) is 0.777. The molecule has 1 aliphatic rings. The van der Waals surface area contributed by atoms with Crippen molar-refractivity contribution in [2.75, 3.05) is 13.1 Å². The van der Waals surface area contributed by atoms with Gasteiger partial charge in [0.2, 0.25) is 5.91 Å². The van der Waals surface area contributed by atoms with E-state index in [-0.39, 0.29) is 11.2 Å². The van der Waals surface area contributed by atoms with Crippen molar-refractivity contribution < 1.29 is 9.90 Å². The smallest absolute Gasteiger partial charge is 0.223 e. The molecule has 86 valence electrons. The van der Waals surface area contributed by atoms with E-state index in [4.69, 9.17) is 0 Å². The molecule has 2 atom stereocenters. The van der Waals surface area contributed by atoms with E-state index in [0.29, 0.717) is 19.5 Å². The van der Waals surface area contributed by atoms with E-state index in [0.717, 1.165) is 5.56 Å². The Morgan fingerprint density at radius 2 is 2.12 bits per heavy atom. The molecule has 0 bridgehead atoms. The topological polar surface area (TPSA) is 40.5 Å². The maximum atomic E-state index is 11.5. The summed E-state index contributed by atoms with van der Waals surface area (Å²) in [6, 6.07) is 9.39. The van der Waals surface area contributed by atoms with E-state index >= 15 is 0 Å². The van der Waals surface area contributed by atoms with Crippen molar-refractivity contribution in [2.24, 2.45) is 0 Å². The average Bonchev–Trinajstić information content (AvgIpc) is 2.59. The van der Waals surface area contributed by atoms with Gasteiger partial charge in [-0.3, -0.25) is 4.79 Å². The van der Waals surface area contributed by atoms with E-state index in [9.17, 15) is 9.90 Å². The Hall–Kier alpha value is -1.00. The van der Waals surface area contributed by atoms with Gasteiger partial charge >= 0.3 is 0 Å². The van der Waals surface area contributed by atoms with Crippen LogP contribution in [0.15, 0.2) is 30.3 Å². The molecule has 0 aromatic heterocycles. The highest BCUT2D eigenvalue weighted by molar-refractivity contribution is 7.81. The Morgan fingerprint density at radius 3 is 2.69 bits per heavy atom. The van der Waals surface area contributed by atoms with Crippen molar-refractivity contribution in [1.82, 2.24) is 4.90 Å². The molecule has 1 aromatic rings. The van der Waals surface area contributed by atoms with Gasteiger partial charge in [-0.25, -0.2) is 0 Å². The number of amides is 1. The third-order valence-electron chi connectivity index (χ3n) is 2.77. The Bertz CT molecular complexity index is 369. The number of benzene rings is 1. The lowest BCUT2D eigenvalue weighted by atomic mass is 10.1. The number of aliphatic hydroxyl groups is 1. The zero-order valence-corrected chi connectivity index (χ0v) is 9.81. The van der Waals surface area contributed by atoms with Crippen molar-refractivity contribution in [1.29, 1.82) is 0 Å². The number of likely N-dealkylation sites (tertiary alicyclic amines) is 1.